The van der Waals surface area contributed by atoms with Crippen molar-refractivity contribution >= 4 is 29.7 Å². The van der Waals surface area contributed by atoms with Gasteiger partial charge >= 0.3 is 11.9 Å². The summed E-state index contributed by atoms with van der Waals surface area (Å²) >= 11 is 0. The zero-order valence-electron chi connectivity index (χ0n) is 17.8. The van der Waals surface area contributed by atoms with Gasteiger partial charge in [0.15, 0.2) is 0 Å². The summed E-state index contributed by atoms with van der Waals surface area (Å²) in [6.07, 6.45) is -0.107. The largest absolute Gasteiger partial charge is 0.481 e. The van der Waals surface area contributed by atoms with Gasteiger partial charge in [-0.25, -0.2) is 4.79 Å². The molecule has 0 spiro atoms. The summed E-state index contributed by atoms with van der Waals surface area (Å²) in [4.78, 5) is 62.0. The minimum Gasteiger partial charge on any atom is -0.481 e. The van der Waals surface area contributed by atoms with Crippen LogP contribution in [0.4, 0.5) is 0 Å². The standard InChI is InChI=1S/C21H28N4O8/c22-13(11-26)18(29)23-14(9-12-5-2-1-3-6-12)19(30)24-15(10-17(27)28)20(31)25-8-4-7-16(25)21(32)33/h1-3,5-6,13-16,26H,4,7-11,22H2,(H,23,29)(H,24,30)(H,27,28)(H,32,33). The highest BCUT2D eigenvalue weighted by molar-refractivity contribution is 5.96. The molecule has 3 amide bonds. The fourth-order valence-electron chi connectivity index (χ4n) is 3.56. The van der Waals surface area contributed by atoms with Crippen molar-refractivity contribution in [1.29, 1.82) is 0 Å². The van der Waals surface area contributed by atoms with Crippen molar-refractivity contribution in [3.05, 3.63) is 35.9 Å². The number of benzene rings is 1. The van der Waals surface area contributed by atoms with Crippen molar-refractivity contribution in [2.75, 3.05) is 13.2 Å². The van der Waals surface area contributed by atoms with E-state index >= 15 is 0 Å². The fraction of sp³-hybridized carbons (Fsp3) is 0.476. The summed E-state index contributed by atoms with van der Waals surface area (Å²) in [6, 6.07) is 3.48. The summed E-state index contributed by atoms with van der Waals surface area (Å²) in [5.74, 6) is -5.06. The Hall–Kier alpha value is -3.51. The maximum atomic E-state index is 13.0. The zero-order valence-corrected chi connectivity index (χ0v) is 17.8. The molecule has 4 atom stereocenters. The minimum absolute atomic E-state index is 0.00596. The van der Waals surface area contributed by atoms with E-state index in [0.717, 1.165) is 4.90 Å². The molecule has 0 bridgehead atoms. The average Bonchev–Trinajstić information content (AvgIpc) is 3.27. The Morgan fingerprint density at radius 3 is 2.24 bits per heavy atom. The van der Waals surface area contributed by atoms with E-state index in [9.17, 15) is 34.2 Å². The van der Waals surface area contributed by atoms with Crippen LogP contribution < -0.4 is 16.4 Å². The van der Waals surface area contributed by atoms with Crippen molar-refractivity contribution in [1.82, 2.24) is 15.5 Å². The molecule has 7 N–H and O–H groups in total. The number of aliphatic hydroxyl groups is 1. The number of hydrogen-bond donors (Lipinski definition) is 6. The van der Waals surface area contributed by atoms with Gasteiger partial charge < -0.3 is 36.6 Å². The van der Waals surface area contributed by atoms with Gasteiger partial charge in [-0.15, -0.1) is 0 Å². The Bertz CT molecular complexity index is 878. The lowest BCUT2D eigenvalue weighted by atomic mass is 10.0. The number of carbonyl (C=O) groups excluding carboxylic acids is 3. The van der Waals surface area contributed by atoms with Crippen molar-refractivity contribution in [2.45, 2.75) is 49.9 Å². The number of nitrogens with two attached hydrogens (primary N) is 1. The van der Waals surface area contributed by atoms with E-state index in [2.05, 4.69) is 10.6 Å². The van der Waals surface area contributed by atoms with Crippen LogP contribution in [-0.2, 0) is 30.4 Å². The second-order valence-corrected chi connectivity index (χ2v) is 7.73. The lowest BCUT2D eigenvalue weighted by Crippen LogP contribution is -2.58. The maximum absolute atomic E-state index is 13.0. The first-order chi connectivity index (χ1) is 15.6. The van der Waals surface area contributed by atoms with Gasteiger partial charge in [-0.1, -0.05) is 30.3 Å². The maximum Gasteiger partial charge on any atom is 0.326 e. The van der Waals surface area contributed by atoms with Gasteiger partial charge in [0.2, 0.25) is 17.7 Å². The summed E-state index contributed by atoms with van der Waals surface area (Å²) in [7, 11) is 0. The van der Waals surface area contributed by atoms with E-state index in [1.165, 1.54) is 0 Å². The molecule has 12 heteroatoms. The number of likely N-dealkylation sites (tertiary alicyclic amines) is 1. The number of amides is 3. The van der Waals surface area contributed by atoms with Gasteiger partial charge in [0, 0.05) is 13.0 Å². The summed E-state index contributed by atoms with van der Waals surface area (Å²) in [5.41, 5.74) is 6.18. The Labute approximate surface area is 189 Å². The first-order valence-corrected chi connectivity index (χ1v) is 10.4. The SMILES string of the molecule is NC(CO)C(=O)NC(Cc1ccccc1)C(=O)NC(CC(=O)O)C(=O)N1CCCC1C(=O)O. The highest BCUT2D eigenvalue weighted by atomic mass is 16.4. The van der Waals surface area contributed by atoms with Gasteiger partial charge in [-0.3, -0.25) is 19.2 Å². The Balaban J connectivity index is 2.23. The van der Waals surface area contributed by atoms with Gasteiger partial charge in [0.1, 0.15) is 24.2 Å². The second kappa shape index (κ2) is 11.9. The van der Waals surface area contributed by atoms with Gasteiger partial charge in [0.25, 0.3) is 0 Å². The third-order valence-electron chi connectivity index (χ3n) is 5.26. The van der Waals surface area contributed by atoms with Crippen LogP contribution in [0.5, 0.6) is 0 Å². The van der Waals surface area contributed by atoms with Gasteiger partial charge in [-0.2, -0.15) is 0 Å². The number of nitrogens with zero attached hydrogens (tertiary/aromatic N) is 1. The molecule has 0 aliphatic carbocycles. The third kappa shape index (κ3) is 7.26. The molecule has 0 aromatic heterocycles. The Morgan fingerprint density at radius 1 is 1.03 bits per heavy atom. The molecule has 1 aliphatic heterocycles. The van der Waals surface area contributed by atoms with Crippen molar-refractivity contribution in [3.8, 4) is 0 Å². The molecule has 33 heavy (non-hydrogen) atoms. The van der Waals surface area contributed by atoms with E-state index in [0.29, 0.717) is 12.0 Å². The minimum atomic E-state index is -1.53. The zero-order chi connectivity index (χ0) is 24.5. The average molecular weight is 464 g/mol. The number of nitrogens with one attached hydrogen (secondary N) is 2. The first kappa shape index (κ1) is 25.7. The van der Waals surface area contributed by atoms with Crippen LogP contribution >= 0.6 is 0 Å². The number of carbonyl (C=O) groups is 5. The summed E-state index contributed by atoms with van der Waals surface area (Å²) in [6.45, 7) is -0.533. The van der Waals surface area contributed by atoms with Crippen LogP contribution in [0.2, 0.25) is 0 Å². The van der Waals surface area contributed by atoms with Crippen LogP contribution in [0, 0.1) is 0 Å². The molecule has 0 radical (unpaired) electrons. The summed E-state index contributed by atoms with van der Waals surface area (Å²) < 4.78 is 0. The molecule has 1 aliphatic rings. The predicted octanol–water partition coefficient (Wildman–Crippen LogP) is -1.93. The summed E-state index contributed by atoms with van der Waals surface area (Å²) in [5, 5.41) is 32.4. The van der Waals surface area contributed by atoms with E-state index in [1.54, 1.807) is 30.3 Å². The first-order valence-electron chi connectivity index (χ1n) is 10.4. The van der Waals surface area contributed by atoms with Gasteiger partial charge in [-0.05, 0) is 18.4 Å². The quantitative estimate of drug-likeness (QED) is 0.216. The number of carboxylic acids is 2. The lowest BCUT2D eigenvalue weighted by Gasteiger charge is -2.28. The normalized spacial score (nSPS) is 18.1. The van der Waals surface area contributed by atoms with Crippen molar-refractivity contribution in [3.63, 3.8) is 0 Å². The number of aliphatic carboxylic acids is 2. The molecule has 1 heterocycles. The number of aliphatic hydroxyl groups excluding tert-OH is 1. The molecule has 0 saturated carbocycles. The second-order valence-electron chi connectivity index (χ2n) is 7.73. The molecular formula is C21H28N4O8. The molecule has 12 nitrogen and oxygen atoms in total. The number of hydrogen-bond acceptors (Lipinski definition) is 7. The topological polar surface area (TPSA) is 199 Å². The molecule has 180 valence electrons. The van der Waals surface area contributed by atoms with Gasteiger partial charge in [0.05, 0.1) is 13.0 Å². The molecule has 4 unspecified atom stereocenters. The van der Waals surface area contributed by atoms with Crippen LogP contribution in [0.1, 0.15) is 24.8 Å². The smallest absolute Gasteiger partial charge is 0.326 e. The third-order valence-corrected chi connectivity index (χ3v) is 5.26. The fourth-order valence-corrected chi connectivity index (χ4v) is 3.56. The Kier molecular flexibility index (Phi) is 9.30. The monoisotopic (exact) mass is 464 g/mol. The molecule has 2 rings (SSSR count). The van der Waals surface area contributed by atoms with Crippen LogP contribution in [-0.4, -0.2) is 87.2 Å². The highest BCUT2D eigenvalue weighted by Crippen LogP contribution is 2.19. The van der Waals surface area contributed by atoms with E-state index < -0.39 is 66.9 Å². The van der Waals surface area contributed by atoms with E-state index in [-0.39, 0.29) is 19.4 Å². The van der Waals surface area contributed by atoms with Crippen molar-refractivity contribution < 1.29 is 39.3 Å². The molecule has 1 saturated heterocycles. The molecular weight excluding hydrogens is 436 g/mol. The van der Waals surface area contributed by atoms with Crippen LogP contribution in [0.25, 0.3) is 0 Å². The van der Waals surface area contributed by atoms with E-state index in [1.807, 2.05) is 0 Å². The molecule has 1 fully saturated rings. The predicted molar refractivity (Wildman–Crippen MR) is 114 cm³/mol. The number of carboxylic acid groups (broad SMARTS) is 2. The highest BCUT2D eigenvalue weighted by Gasteiger charge is 2.39. The lowest BCUT2D eigenvalue weighted by molar-refractivity contribution is -0.150. The van der Waals surface area contributed by atoms with Crippen molar-refractivity contribution in [2.24, 2.45) is 5.73 Å². The molecule has 1 aromatic rings. The van der Waals surface area contributed by atoms with E-state index in [4.69, 9.17) is 10.8 Å². The number of rotatable bonds is 11. The molecule has 1 aromatic carbocycles. The Morgan fingerprint density at radius 2 is 1.67 bits per heavy atom. The van der Waals surface area contributed by atoms with Crippen LogP contribution in [0.3, 0.4) is 0 Å². The van der Waals surface area contributed by atoms with Crippen LogP contribution in [0.15, 0.2) is 30.3 Å².